The lowest BCUT2D eigenvalue weighted by atomic mass is 9.94. The summed E-state index contributed by atoms with van der Waals surface area (Å²) in [6, 6.07) is 9.29. The van der Waals surface area contributed by atoms with Crippen molar-refractivity contribution in [1.82, 2.24) is 0 Å². The fraction of sp³-hybridized carbons (Fsp3) is 0.235. The van der Waals surface area contributed by atoms with Crippen molar-refractivity contribution in [3.05, 3.63) is 68.2 Å². The monoisotopic (exact) mass is 306 g/mol. The molecule has 0 N–H and O–H groups in total. The molecule has 0 saturated heterocycles. The largest absolute Gasteiger partial charge is 0.294 e. The summed E-state index contributed by atoms with van der Waals surface area (Å²) in [6.45, 7) is 6.10. The van der Waals surface area contributed by atoms with E-state index in [1.165, 1.54) is 5.56 Å². The molecule has 0 aliphatic rings. The topological polar surface area (TPSA) is 17.1 Å². The average molecular weight is 307 g/mol. The van der Waals surface area contributed by atoms with E-state index in [4.69, 9.17) is 23.2 Å². The molecule has 0 atom stereocenters. The first-order valence-corrected chi connectivity index (χ1v) is 7.19. The van der Waals surface area contributed by atoms with Crippen LogP contribution in [0.3, 0.4) is 0 Å². The normalized spacial score (nSPS) is 10.7. The van der Waals surface area contributed by atoms with Gasteiger partial charge >= 0.3 is 0 Å². The van der Waals surface area contributed by atoms with E-state index >= 15 is 0 Å². The molecule has 0 saturated carbocycles. The number of halogens is 2. The summed E-state index contributed by atoms with van der Waals surface area (Å²) in [5, 5.41) is 0.815. The van der Waals surface area contributed by atoms with Crippen LogP contribution in [0.5, 0.6) is 0 Å². The molecule has 0 bridgehead atoms. The highest BCUT2D eigenvalue weighted by atomic mass is 35.5. The highest BCUT2D eigenvalue weighted by Gasteiger charge is 2.17. The van der Waals surface area contributed by atoms with Crippen LogP contribution in [0.1, 0.15) is 32.6 Å². The predicted molar refractivity (Wildman–Crippen MR) is 85.1 cm³/mol. The van der Waals surface area contributed by atoms with Gasteiger partial charge < -0.3 is 0 Å². The van der Waals surface area contributed by atoms with Gasteiger partial charge in [0.2, 0.25) is 0 Å². The van der Waals surface area contributed by atoms with Gasteiger partial charge in [-0.3, -0.25) is 4.79 Å². The number of aryl methyl sites for hydroxylation is 3. The number of carbonyl (C=O) groups excluding carboxylic acids is 1. The minimum atomic E-state index is -0.0457. The van der Waals surface area contributed by atoms with E-state index in [0.717, 1.165) is 16.7 Å². The maximum Gasteiger partial charge on any atom is 0.170 e. The smallest absolute Gasteiger partial charge is 0.170 e. The van der Waals surface area contributed by atoms with Gasteiger partial charge in [0.15, 0.2) is 5.78 Å². The summed E-state index contributed by atoms with van der Waals surface area (Å²) in [6.07, 6.45) is 0.321. The standard InChI is InChI=1S/C17H16Cl2O/c1-10-7-11(2)13(12(3)8-10)9-16(20)17-14(18)5-4-6-15(17)19/h4-8H,9H2,1-3H3. The zero-order chi connectivity index (χ0) is 14.9. The average Bonchev–Trinajstić information content (AvgIpc) is 2.33. The third kappa shape index (κ3) is 3.05. The third-order valence-electron chi connectivity index (χ3n) is 3.42. The van der Waals surface area contributed by atoms with Crippen LogP contribution in [0.15, 0.2) is 30.3 Å². The van der Waals surface area contributed by atoms with Gasteiger partial charge in [0.25, 0.3) is 0 Å². The summed E-state index contributed by atoms with van der Waals surface area (Å²) < 4.78 is 0. The van der Waals surface area contributed by atoms with Crippen LogP contribution >= 0.6 is 23.2 Å². The van der Waals surface area contributed by atoms with Gasteiger partial charge in [-0.25, -0.2) is 0 Å². The van der Waals surface area contributed by atoms with Crippen molar-refractivity contribution >= 4 is 29.0 Å². The Bertz CT molecular complexity index is 631. The zero-order valence-electron chi connectivity index (χ0n) is 11.8. The summed E-state index contributed by atoms with van der Waals surface area (Å²) in [5.74, 6) is -0.0457. The molecule has 2 aromatic rings. The Morgan fingerprint density at radius 2 is 1.50 bits per heavy atom. The Morgan fingerprint density at radius 3 is 2.00 bits per heavy atom. The Morgan fingerprint density at radius 1 is 1.00 bits per heavy atom. The molecule has 0 fully saturated rings. The van der Waals surface area contributed by atoms with Crippen LogP contribution in [-0.2, 0) is 6.42 Å². The molecular weight excluding hydrogens is 291 g/mol. The van der Waals surface area contributed by atoms with Crippen LogP contribution in [0.25, 0.3) is 0 Å². The molecule has 0 spiro atoms. The molecule has 0 amide bonds. The van der Waals surface area contributed by atoms with Crippen LogP contribution in [0, 0.1) is 20.8 Å². The fourth-order valence-corrected chi connectivity index (χ4v) is 3.11. The first kappa shape index (κ1) is 15.1. The third-order valence-corrected chi connectivity index (χ3v) is 4.05. The maximum atomic E-state index is 12.5. The van der Waals surface area contributed by atoms with E-state index in [9.17, 15) is 4.79 Å². The molecule has 3 heteroatoms. The highest BCUT2D eigenvalue weighted by Crippen LogP contribution is 2.27. The van der Waals surface area contributed by atoms with Crippen molar-refractivity contribution in [3.63, 3.8) is 0 Å². The molecule has 0 unspecified atom stereocenters. The van der Waals surface area contributed by atoms with Gasteiger partial charge in [-0.15, -0.1) is 0 Å². The second-order valence-corrected chi connectivity index (χ2v) is 5.89. The lowest BCUT2D eigenvalue weighted by Crippen LogP contribution is -2.08. The number of ketones is 1. The molecule has 0 aromatic heterocycles. The van der Waals surface area contributed by atoms with E-state index in [0.29, 0.717) is 22.0 Å². The van der Waals surface area contributed by atoms with Crippen molar-refractivity contribution in [2.75, 3.05) is 0 Å². The fourth-order valence-electron chi connectivity index (χ4n) is 2.50. The van der Waals surface area contributed by atoms with Crippen LogP contribution < -0.4 is 0 Å². The maximum absolute atomic E-state index is 12.5. The predicted octanol–water partition coefficient (Wildman–Crippen LogP) is 5.34. The summed E-state index contributed by atoms with van der Waals surface area (Å²) >= 11 is 12.2. The number of carbonyl (C=O) groups is 1. The van der Waals surface area contributed by atoms with Gasteiger partial charge in [-0.05, 0) is 49.6 Å². The van der Waals surface area contributed by atoms with E-state index in [1.807, 2.05) is 13.8 Å². The van der Waals surface area contributed by atoms with E-state index in [2.05, 4.69) is 19.1 Å². The molecule has 1 nitrogen and oxygen atoms in total. The zero-order valence-corrected chi connectivity index (χ0v) is 13.3. The number of benzene rings is 2. The number of rotatable bonds is 3. The van der Waals surface area contributed by atoms with Gasteiger partial charge in [0.05, 0.1) is 15.6 Å². The van der Waals surface area contributed by atoms with Crippen molar-refractivity contribution in [1.29, 1.82) is 0 Å². The Labute approximate surface area is 129 Å². The van der Waals surface area contributed by atoms with Gasteiger partial charge in [-0.2, -0.15) is 0 Å². The molecule has 2 aromatic carbocycles. The Balaban J connectivity index is 2.38. The highest BCUT2D eigenvalue weighted by molar-refractivity contribution is 6.39. The number of hydrogen-bond acceptors (Lipinski definition) is 1. The van der Waals surface area contributed by atoms with Crippen LogP contribution in [-0.4, -0.2) is 5.78 Å². The summed E-state index contributed by atoms with van der Waals surface area (Å²) in [4.78, 5) is 12.5. The molecular formula is C17H16Cl2O. The van der Waals surface area contributed by atoms with Crippen molar-refractivity contribution < 1.29 is 4.79 Å². The van der Waals surface area contributed by atoms with E-state index in [-0.39, 0.29) is 5.78 Å². The van der Waals surface area contributed by atoms with E-state index < -0.39 is 0 Å². The van der Waals surface area contributed by atoms with Crippen LogP contribution in [0.2, 0.25) is 10.0 Å². The summed E-state index contributed by atoms with van der Waals surface area (Å²) in [5.41, 5.74) is 4.91. The van der Waals surface area contributed by atoms with Crippen molar-refractivity contribution in [2.24, 2.45) is 0 Å². The quantitative estimate of drug-likeness (QED) is 0.699. The second kappa shape index (κ2) is 5.99. The first-order valence-electron chi connectivity index (χ1n) is 6.44. The van der Waals surface area contributed by atoms with Gasteiger partial charge in [-0.1, -0.05) is 47.0 Å². The summed E-state index contributed by atoms with van der Waals surface area (Å²) in [7, 11) is 0. The second-order valence-electron chi connectivity index (χ2n) is 5.07. The van der Waals surface area contributed by atoms with Gasteiger partial charge in [0, 0.05) is 6.42 Å². The molecule has 2 rings (SSSR count). The molecule has 0 aliphatic carbocycles. The Kier molecular flexibility index (Phi) is 4.52. The molecule has 104 valence electrons. The SMILES string of the molecule is Cc1cc(C)c(CC(=O)c2c(Cl)cccc2Cl)c(C)c1. The van der Waals surface area contributed by atoms with E-state index in [1.54, 1.807) is 18.2 Å². The minimum absolute atomic E-state index is 0.0457. The first-order chi connectivity index (χ1) is 9.40. The molecule has 0 radical (unpaired) electrons. The molecule has 0 heterocycles. The lowest BCUT2D eigenvalue weighted by Gasteiger charge is -2.12. The van der Waals surface area contributed by atoms with Gasteiger partial charge in [0.1, 0.15) is 0 Å². The number of hydrogen-bond donors (Lipinski definition) is 0. The number of Topliss-reactive ketones (excluding diaryl/α,β-unsaturated/α-hetero) is 1. The van der Waals surface area contributed by atoms with Crippen molar-refractivity contribution in [3.8, 4) is 0 Å². The Hall–Kier alpha value is -1.31. The van der Waals surface area contributed by atoms with Crippen LogP contribution in [0.4, 0.5) is 0 Å². The lowest BCUT2D eigenvalue weighted by molar-refractivity contribution is 0.0993. The minimum Gasteiger partial charge on any atom is -0.294 e. The van der Waals surface area contributed by atoms with Crippen molar-refractivity contribution in [2.45, 2.75) is 27.2 Å². The molecule has 0 aliphatic heterocycles. The molecule has 20 heavy (non-hydrogen) atoms.